The van der Waals surface area contributed by atoms with Crippen molar-refractivity contribution in [3.05, 3.63) is 0 Å². The summed E-state index contributed by atoms with van der Waals surface area (Å²) in [6.07, 6.45) is 27.2. The van der Waals surface area contributed by atoms with E-state index in [1.807, 2.05) is 0 Å². The van der Waals surface area contributed by atoms with Gasteiger partial charge in [0.15, 0.2) is 0 Å². The lowest BCUT2D eigenvalue weighted by molar-refractivity contribution is 0.232. The van der Waals surface area contributed by atoms with E-state index in [-0.39, 0.29) is 0 Å². The van der Waals surface area contributed by atoms with Gasteiger partial charge in [0.2, 0.25) is 0 Å². The third-order valence-electron chi connectivity index (χ3n) is 7.36. The normalized spacial score (nSPS) is 12.6. The van der Waals surface area contributed by atoms with Gasteiger partial charge in [0, 0.05) is 17.7 Å². The highest BCUT2D eigenvalue weighted by molar-refractivity contribution is 4.87. The van der Waals surface area contributed by atoms with E-state index in [0.29, 0.717) is 11.1 Å². The van der Waals surface area contributed by atoms with E-state index in [4.69, 9.17) is 0 Å². The average molecular weight is 439 g/mol. The van der Waals surface area contributed by atoms with Gasteiger partial charge in [0.05, 0.1) is 0 Å². The third kappa shape index (κ3) is 18.1. The van der Waals surface area contributed by atoms with E-state index >= 15 is 0 Å². The lowest BCUT2D eigenvalue weighted by Crippen LogP contribution is -2.53. The maximum Gasteiger partial charge on any atom is 0.0462 e. The molecule has 0 aliphatic carbocycles. The van der Waals surface area contributed by atoms with E-state index < -0.39 is 0 Å². The zero-order valence-electron chi connectivity index (χ0n) is 22.8. The molecule has 0 saturated carbocycles. The summed E-state index contributed by atoms with van der Waals surface area (Å²) < 4.78 is 0. The lowest BCUT2D eigenvalue weighted by atomic mass is 9.87. The van der Waals surface area contributed by atoms with Crippen LogP contribution in [0, 0.1) is 0 Å². The number of nitrogens with one attached hydrogen (secondary N) is 2. The van der Waals surface area contributed by atoms with Crippen LogP contribution in [-0.4, -0.2) is 17.7 Å². The predicted molar refractivity (Wildman–Crippen MR) is 143 cm³/mol. The summed E-state index contributed by atoms with van der Waals surface area (Å²) >= 11 is 0. The fourth-order valence-electron chi connectivity index (χ4n) is 4.84. The van der Waals surface area contributed by atoms with Gasteiger partial charge in [-0.25, -0.2) is 0 Å². The second-order valence-corrected chi connectivity index (χ2v) is 10.9. The second-order valence-electron chi connectivity index (χ2n) is 10.9. The van der Waals surface area contributed by atoms with E-state index in [9.17, 15) is 0 Å². The Hall–Kier alpha value is -0.0800. The summed E-state index contributed by atoms with van der Waals surface area (Å²) in [5.74, 6) is 0. The van der Waals surface area contributed by atoms with Crippen LogP contribution >= 0.6 is 0 Å². The zero-order valence-corrected chi connectivity index (χ0v) is 22.8. The zero-order chi connectivity index (χ0) is 23.3. The maximum atomic E-state index is 4.00. The van der Waals surface area contributed by atoms with Crippen LogP contribution in [0.1, 0.15) is 170 Å². The summed E-state index contributed by atoms with van der Waals surface area (Å²) in [6.45, 7) is 15.2. The number of hydrogen-bond acceptors (Lipinski definition) is 2. The molecule has 0 fully saturated rings. The van der Waals surface area contributed by atoms with E-state index in [1.165, 1.54) is 128 Å². The summed E-state index contributed by atoms with van der Waals surface area (Å²) in [4.78, 5) is 0. The minimum atomic E-state index is 0.291. The summed E-state index contributed by atoms with van der Waals surface area (Å²) in [5, 5.41) is 8.00. The standard InChI is InChI=1S/C29H62N2/c1-7-11-15-19-23-28(5,24-20-16-12-8-2)30-27-31-29(6,25-21-17-13-9-3)26-22-18-14-10-4/h30-31H,7-27H2,1-6H3. The Kier molecular flexibility index (Phi) is 20.5. The summed E-state index contributed by atoms with van der Waals surface area (Å²) in [7, 11) is 0. The SMILES string of the molecule is CCCCCCC(C)(CCCCCC)NCNC(C)(CCCCCC)CCCCCC. The summed E-state index contributed by atoms with van der Waals surface area (Å²) in [6, 6.07) is 0. The monoisotopic (exact) mass is 438 g/mol. The van der Waals surface area contributed by atoms with Crippen molar-refractivity contribution in [2.75, 3.05) is 6.67 Å². The first-order chi connectivity index (χ1) is 14.9. The Balaban J connectivity index is 4.69. The van der Waals surface area contributed by atoms with Crippen LogP contribution in [0.2, 0.25) is 0 Å². The van der Waals surface area contributed by atoms with Crippen molar-refractivity contribution in [2.24, 2.45) is 0 Å². The first kappa shape index (κ1) is 30.9. The molecule has 188 valence electrons. The summed E-state index contributed by atoms with van der Waals surface area (Å²) in [5.41, 5.74) is 0.583. The molecule has 0 heterocycles. The van der Waals surface area contributed by atoms with Crippen LogP contribution in [0.3, 0.4) is 0 Å². The fourth-order valence-corrected chi connectivity index (χ4v) is 4.84. The van der Waals surface area contributed by atoms with Gasteiger partial charge < -0.3 is 0 Å². The molecule has 2 nitrogen and oxygen atoms in total. The fraction of sp³-hybridized carbons (Fsp3) is 1.00. The molecular weight excluding hydrogens is 376 g/mol. The molecule has 0 unspecified atom stereocenters. The van der Waals surface area contributed by atoms with Crippen LogP contribution < -0.4 is 10.6 Å². The van der Waals surface area contributed by atoms with Crippen LogP contribution in [-0.2, 0) is 0 Å². The van der Waals surface area contributed by atoms with Crippen molar-refractivity contribution >= 4 is 0 Å². The van der Waals surface area contributed by atoms with Gasteiger partial charge in [-0.3, -0.25) is 10.6 Å². The molecule has 0 bridgehead atoms. The topological polar surface area (TPSA) is 24.1 Å². The molecule has 31 heavy (non-hydrogen) atoms. The Labute approximate surface area is 198 Å². The third-order valence-corrected chi connectivity index (χ3v) is 7.36. The smallest absolute Gasteiger partial charge is 0.0462 e. The molecule has 0 spiro atoms. The first-order valence-corrected chi connectivity index (χ1v) is 14.4. The van der Waals surface area contributed by atoms with Crippen molar-refractivity contribution in [1.29, 1.82) is 0 Å². The van der Waals surface area contributed by atoms with Gasteiger partial charge in [-0.1, -0.05) is 130 Å². The van der Waals surface area contributed by atoms with Crippen molar-refractivity contribution in [3.63, 3.8) is 0 Å². The minimum absolute atomic E-state index is 0.291. The molecule has 0 amide bonds. The molecule has 2 heteroatoms. The van der Waals surface area contributed by atoms with E-state index in [0.717, 1.165) is 6.67 Å². The Morgan fingerprint density at radius 2 is 0.645 bits per heavy atom. The van der Waals surface area contributed by atoms with E-state index in [1.54, 1.807) is 0 Å². The van der Waals surface area contributed by atoms with Crippen LogP contribution in [0.25, 0.3) is 0 Å². The Morgan fingerprint density at radius 3 is 0.871 bits per heavy atom. The van der Waals surface area contributed by atoms with Crippen molar-refractivity contribution in [1.82, 2.24) is 10.6 Å². The minimum Gasteiger partial charge on any atom is -0.299 e. The van der Waals surface area contributed by atoms with Gasteiger partial charge in [0.1, 0.15) is 0 Å². The predicted octanol–water partition coefficient (Wildman–Crippen LogP) is 9.52. The molecule has 0 radical (unpaired) electrons. The lowest BCUT2D eigenvalue weighted by Gasteiger charge is -2.36. The first-order valence-electron chi connectivity index (χ1n) is 14.4. The highest BCUT2D eigenvalue weighted by Gasteiger charge is 2.26. The van der Waals surface area contributed by atoms with Crippen LogP contribution in [0.4, 0.5) is 0 Å². The Morgan fingerprint density at radius 1 is 0.387 bits per heavy atom. The van der Waals surface area contributed by atoms with Gasteiger partial charge >= 0.3 is 0 Å². The molecule has 0 saturated heterocycles. The molecule has 0 aliphatic rings. The molecule has 0 aromatic carbocycles. The van der Waals surface area contributed by atoms with Crippen LogP contribution in [0.5, 0.6) is 0 Å². The van der Waals surface area contributed by atoms with Crippen molar-refractivity contribution in [2.45, 2.75) is 181 Å². The molecule has 0 aromatic heterocycles. The van der Waals surface area contributed by atoms with Gasteiger partial charge in [-0.05, 0) is 39.5 Å². The molecule has 0 rings (SSSR count). The molecule has 0 atom stereocenters. The largest absolute Gasteiger partial charge is 0.299 e. The maximum absolute atomic E-state index is 4.00. The molecule has 2 N–H and O–H groups in total. The highest BCUT2D eigenvalue weighted by atomic mass is 15.1. The van der Waals surface area contributed by atoms with Crippen molar-refractivity contribution < 1.29 is 0 Å². The van der Waals surface area contributed by atoms with Gasteiger partial charge in [0.25, 0.3) is 0 Å². The van der Waals surface area contributed by atoms with E-state index in [2.05, 4.69) is 52.2 Å². The molecule has 0 aliphatic heterocycles. The van der Waals surface area contributed by atoms with Gasteiger partial charge in [-0.2, -0.15) is 0 Å². The number of hydrogen-bond donors (Lipinski definition) is 2. The number of rotatable bonds is 24. The second kappa shape index (κ2) is 20.5. The molecule has 0 aromatic rings. The Bertz CT molecular complexity index is 308. The molecular formula is C29H62N2. The highest BCUT2D eigenvalue weighted by Crippen LogP contribution is 2.25. The van der Waals surface area contributed by atoms with Crippen molar-refractivity contribution in [3.8, 4) is 0 Å². The quantitative estimate of drug-likeness (QED) is 0.116. The number of unbranched alkanes of at least 4 members (excludes halogenated alkanes) is 12. The van der Waals surface area contributed by atoms with Crippen LogP contribution in [0.15, 0.2) is 0 Å². The average Bonchev–Trinajstić information content (AvgIpc) is 2.75. The van der Waals surface area contributed by atoms with Gasteiger partial charge in [-0.15, -0.1) is 0 Å².